The van der Waals surface area contributed by atoms with E-state index < -0.39 is 0 Å². The van der Waals surface area contributed by atoms with Crippen LogP contribution < -0.4 is 14.9 Å². The Morgan fingerprint density at radius 3 is 3.00 bits per heavy atom. The van der Waals surface area contributed by atoms with E-state index in [0.29, 0.717) is 17.2 Å². The maximum Gasteiger partial charge on any atom is 0.289 e. The van der Waals surface area contributed by atoms with Crippen LogP contribution in [0.4, 0.5) is 0 Å². The number of rotatable bonds is 3. The second-order valence-corrected chi connectivity index (χ2v) is 4.75. The molecule has 0 spiro atoms. The Morgan fingerprint density at radius 2 is 2.25 bits per heavy atom. The van der Waals surface area contributed by atoms with Crippen LogP contribution in [0.25, 0.3) is 0 Å². The molecule has 2 aromatic rings. The van der Waals surface area contributed by atoms with E-state index >= 15 is 0 Å². The average molecular weight is 337 g/mol. The summed E-state index contributed by atoms with van der Waals surface area (Å²) in [6, 6.07) is 5.13. The van der Waals surface area contributed by atoms with Crippen molar-refractivity contribution in [1.82, 2.24) is 15.6 Å². The van der Waals surface area contributed by atoms with E-state index in [4.69, 9.17) is 9.47 Å². The van der Waals surface area contributed by atoms with E-state index in [9.17, 15) is 4.79 Å². The highest BCUT2D eigenvalue weighted by Crippen LogP contribution is 2.36. The van der Waals surface area contributed by atoms with Crippen molar-refractivity contribution in [2.45, 2.75) is 0 Å². The predicted molar refractivity (Wildman–Crippen MR) is 73.9 cm³/mol. The van der Waals surface area contributed by atoms with Gasteiger partial charge in [0.05, 0.1) is 6.21 Å². The molecule has 102 valence electrons. The van der Waals surface area contributed by atoms with Gasteiger partial charge >= 0.3 is 0 Å². The summed E-state index contributed by atoms with van der Waals surface area (Å²) in [6.45, 7) is 0.207. The van der Waals surface area contributed by atoms with Gasteiger partial charge in [-0.25, -0.2) is 5.43 Å². The number of H-pyrrole nitrogens is 1. The Hall–Kier alpha value is -2.35. The molecule has 0 bridgehead atoms. The summed E-state index contributed by atoms with van der Waals surface area (Å²) in [5.41, 5.74) is 3.50. The first-order chi connectivity index (χ1) is 9.74. The van der Waals surface area contributed by atoms with Crippen LogP contribution >= 0.6 is 15.9 Å². The number of nitrogens with zero attached hydrogens (tertiary/aromatic N) is 2. The van der Waals surface area contributed by atoms with Crippen LogP contribution in [-0.4, -0.2) is 29.1 Å². The zero-order valence-corrected chi connectivity index (χ0v) is 11.7. The van der Waals surface area contributed by atoms with Gasteiger partial charge in [0.15, 0.2) is 11.5 Å². The number of carbonyl (C=O) groups excluding carboxylic acids is 1. The minimum Gasteiger partial charge on any atom is -0.454 e. The van der Waals surface area contributed by atoms with Gasteiger partial charge in [-0.2, -0.15) is 10.2 Å². The van der Waals surface area contributed by atoms with Crippen molar-refractivity contribution in [1.29, 1.82) is 0 Å². The number of carbonyl (C=O) groups is 1. The van der Waals surface area contributed by atoms with Crippen molar-refractivity contribution in [2.24, 2.45) is 5.10 Å². The van der Waals surface area contributed by atoms with Gasteiger partial charge in [-0.3, -0.25) is 9.89 Å². The largest absolute Gasteiger partial charge is 0.454 e. The summed E-state index contributed by atoms with van der Waals surface area (Å²) in [4.78, 5) is 11.6. The van der Waals surface area contributed by atoms with E-state index in [1.165, 1.54) is 12.4 Å². The van der Waals surface area contributed by atoms with Crippen molar-refractivity contribution in [2.75, 3.05) is 6.79 Å². The SMILES string of the molecule is O=C(NN=Cc1cc2c(cc1Br)OCO2)c1ccn[nH]1. The smallest absolute Gasteiger partial charge is 0.289 e. The molecule has 2 N–H and O–H groups in total. The minimum absolute atomic E-state index is 0.207. The lowest BCUT2D eigenvalue weighted by atomic mass is 10.2. The topological polar surface area (TPSA) is 88.6 Å². The molecule has 1 aliphatic heterocycles. The number of hydrogen-bond acceptors (Lipinski definition) is 5. The third kappa shape index (κ3) is 2.50. The number of nitrogens with one attached hydrogen (secondary N) is 2. The Balaban J connectivity index is 1.72. The molecule has 0 radical (unpaired) electrons. The fraction of sp³-hybridized carbons (Fsp3) is 0.0833. The Morgan fingerprint density at radius 1 is 1.45 bits per heavy atom. The van der Waals surface area contributed by atoms with Gasteiger partial charge in [0, 0.05) is 16.2 Å². The molecule has 0 atom stereocenters. The Bertz CT molecular complexity index is 670. The van der Waals surface area contributed by atoms with Crippen LogP contribution in [0, 0.1) is 0 Å². The summed E-state index contributed by atoms with van der Waals surface area (Å²) in [5, 5.41) is 10.1. The van der Waals surface area contributed by atoms with E-state index in [1.54, 1.807) is 18.2 Å². The maximum atomic E-state index is 11.6. The van der Waals surface area contributed by atoms with E-state index in [-0.39, 0.29) is 12.7 Å². The molecule has 2 heterocycles. The minimum atomic E-state index is -0.365. The molecule has 1 aromatic heterocycles. The van der Waals surface area contributed by atoms with E-state index in [2.05, 4.69) is 36.7 Å². The number of amides is 1. The standard InChI is InChI=1S/C12H9BrN4O3/c13-8-4-11-10(19-6-20-11)3-7(8)5-15-17-12(18)9-1-2-14-16-9/h1-5H,6H2,(H,14,16)(H,17,18). The predicted octanol–water partition coefficient (Wildman–Crippen LogP) is 1.66. The molecular formula is C12H9BrN4O3. The van der Waals surface area contributed by atoms with Crippen LogP contribution in [0.15, 0.2) is 34.0 Å². The first kappa shape index (κ1) is 12.7. The Labute approximate surface area is 122 Å². The summed E-state index contributed by atoms with van der Waals surface area (Å²) in [6.07, 6.45) is 3.01. The summed E-state index contributed by atoms with van der Waals surface area (Å²) < 4.78 is 11.3. The summed E-state index contributed by atoms with van der Waals surface area (Å²) >= 11 is 3.40. The van der Waals surface area contributed by atoms with Crippen LogP contribution in [0.1, 0.15) is 16.1 Å². The molecule has 20 heavy (non-hydrogen) atoms. The normalized spacial score (nSPS) is 12.8. The molecule has 3 rings (SSSR count). The summed E-state index contributed by atoms with van der Waals surface area (Å²) in [7, 11) is 0. The number of fused-ring (bicyclic) bond motifs is 1. The molecule has 0 aliphatic carbocycles. The number of aromatic nitrogens is 2. The fourth-order valence-corrected chi connectivity index (χ4v) is 2.06. The lowest BCUT2D eigenvalue weighted by molar-refractivity contribution is 0.0950. The van der Waals surface area contributed by atoms with Gasteiger partial charge in [0.1, 0.15) is 5.69 Å². The Kier molecular flexibility index (Phi) is 3.38. The maximum absolute atomic E-state index is 11.6. The van der Waals surface area contributed by atoms with Gasteiger partial charge in [0.25, 0.3) is 5.91 Å². The lowest BCUT2D eigenvalue weighted by Gasteiger charge is -2.01. The highest BCUT2D eigenvalue weighted by Gasteiger charge is 2.15. The lowest BCUT2D eigenvalue weighted by Crippen LogP contribution is -2.18. The van der Waals surface area contributed by atoms with E-state index in [1.807, 2.05) is 0 Å². The molecule has 0 unspecified atom stereocenters. The van der Waals surface area contributed by atoms with Crippen molar-refractivity contribution >= 4 is 28.1 Å². The monoisotopic (exact) mass is 336 g/mol. The molecule has 0 saturated heterocycles. The van der Waals surface area contributed by atoms with E-state index in [0.717, 1.165) is 10.0 Å². The second-order valence-electron chi connectivity index (χ2n) is 3.90. The fourth-order valence-electron chi connectivity index (χ4n) is 1.63. The zero-order valence-electron chi connectivity index (χ0n) is 10.1. The number of benzene rings is 1. The first-order valence-electron chi connectivity index (χ1n) is 5.66. The number of hydrogen-bond donors (Lipinski definition) is 2. The molecule has 7 nitrogen and oxygen atoms in total. The number of ether oxygens (including phenoxy) is 2. The average Bonchev–Trinajstić information content (AvgIpc) is 3.08. The third-order valence-electron chi connectivity index (χ3n) is 2.61. The van der Waals surface area contributed by atoms with Crippen LogP contribution in [0.2, 0.25) is 0 Å². The number of halogens is 1. The molecule has 1 aromatic carbocycles. The highest BCUT2D eigenvalue weighted by atomic mass is 79.9. The van der Waals surface area contributed by atoms with Crippen molar-refractivity contribution in [3.8, 4) is 11.5 Å². The van der Waals surface area contributed by atoms with Crippen LogP contribution in [0.3, 0.4) is 0 Å². The first-order valence-corrected chi connectivity index (χ1v) is 6.45. The van der Waals surface area contributed by atoms with Crippen LogP contribution in [0.5, 0.6) is 11.5 Å². The van der Waals surface area contributed by atoms with Crippen LogP contribution in [-0.2, 0) is 0 Å². The highest BCUT2D eigenvalue weighted by molar-refractivity contribution is 9.10. The van der Waals surface area contributed by atoms with Crippen molar-refractivity contribution in [3.05, 3.63) is 40.1 Å². The number of hydrazone groups is 1. The van der Waals surface area contributed by atoms with Gasteiger partial charge in [-0.15, -0.1) is 0 Å². The molecule has 0 saturated carbocycles. The number of aromatic amines is 1. The molecule has 0 fully saturated rings. The van der Waals surface area contributed by atoms with Crippen molar-refractivity contribution < 1.29 is 14.3 Å². The molecule has 1 amide bonds. The van der Waals surface area contributed by atoms with Gasteiger partial charge in [-0.05, 0) is 34.1 Å². The second kappa shape index (κ2) is 5.33. The molecule has 8 heteroatoms. The molecule has 1 aliphatic rings. The third-order valence-corrected chi connectivity index (χ3v) is 3.29. The quantitative estimate of drug-likeness (QED) is 0.659. The van der Waals surface area contributed by atoms with Crippen molar-refractivity contribution in [3.63, 3.8) is 0 Å². The van der Waals surface area contributed by atoms with Gasteiger partial charge in [0.2, 0.25) is 6.79 Å². The molecular weight excluding hydrogens is 328 g/mol. The van der Waals surface area contributed by atoms with Gasteiger partial charge in [-0.1, -0.05) is 0 Å². The summed E-state index contributed by atoms with van der Waals surface area (Å²) in [5.74, 6) is 0.959. The zero-order chi connectivity index (χ0) is 13.9. The van der Waals surface area contributed by atoms with Gasteiger partial charge < -0.3 is 9.47 Å².